The molecule has 126 valence electrons. The SMILES string of the molecule is COc1ccc(CNCCC(=O)NCCC2=CCCCC2)cc1. The standard InChI is InChI=1S/C19H28N2O2/c1-23-18-9-7-17(8-10-18)15-20-13-12-19(22)21-14-11-16-5-3-2-4-6-16/h5,7-10,20H,2-4,6,11-15H2,1H3,(H,21,22). The van der Waals surface area contributed by atoms with Crippen molar-refractivity contribution in [2.24, 2.45) is 0 Å². The van der Waals surface area contributed by atoms with Gasteiger partial charge in [-0.1, -0.05) is 23.8 Å². The Hall–Kier alpha value is -1.81. The minimum atomic E-state index is 0.128. The Morgan fingerprint density at radius 1 is 1.17 bits per heavy atom. The van der Waals surface area contributed by atoms with E-state index in [0.29, 0.717) is 13.0 Å². The number of methoxy groups -OCH3 is 1. The van der Waals surface area contributed by atoms with Crippen LogP contribution in [0.25, 0.3) is 0 Å². The summed E-state index contributed by atoms with van der Waals surface area (Å²) in [5, 5.41) is 6.30. The molecule has 0 aliphatic heterocycles. The fourth-order valence-corrected chi connectivity index (χ4v) is 2.76. The number of ether oxygens (including phenoxy) is 1. The summed E-state index contributed by atoms with van der Waals surface area (Å²) in [6.45, 7) is 2.23. The van der Waals surface area contributed by atoms with Gasteiger partial charge >= 0.3 is 0 Å². The Balaban J connectivity index is 1.53. The lowest BCUT2D eigenvalue weighted by Gasteiger charge is -2.13. The zero-order valence-corrected chi connectivity index (χ0v) is 14.1. The van der Waals surface area contributed by atoms with Crippen LogP contribution in [0.1, 0.15) is 44.1 Å². The van der Waals surface area contributed by atoms with E-state index in [2.05, 4.69) is 16.7 Å². The second kappa shape index (κ2) is 10.1. The Labute approximate surface area is 139 Å². The summed E-state index contributed by atoms with van der Waals surface area (Å²) >= 11 is 0. The second-order valence-electron chi connectivity index (χ2n) is 5.98. The van der Waals surface area contributed by atoms with E-state index in [1.807, 2.05) is 24.3 Å². The normalized spacial score (nSPS) is 14.2. The second-order valence-corrected chi connectivity index (χ2v) is 5.98. The maximum absolute atomic E-state index is 11.8. The van der Waals surface area contributed by atoms with E-state index in [-0.39, 0.29) is 5.91 Å². The molecule has 1 aliphatic carbocycles. The molecule has 0 aromatic heterocycles. The number of amides is 1. The molecule has 0 radical (unpaired) electrons. The molecular weight excluding hydrogens is 288 g/mol. The fraction of sp³-hybridized carbons (Fsp3) is 0.526. The van der Waals surface area contributed by atoms with E-state index < -0.39 is 0 Å². The van der Waals surface area contributed by atoms with Gasteiger partial charge in [0.05, 0.1) is 7.11 Å². The molecule has 1 amide bonds. The van der Waals surface area contributed by atoms with Crippen molar-refractivity contribution in [1.29, 1.82) is 0 Å². The monoisotopic (exact) mass is 316 g/mol. The van der Waals surface area contributed by atoms with Gasteiger partial charge in [-0.2, -0.15) is 0 Å². The zero-order valence-electron chi connectivity index (χ0n) is 14.1. The molecule has 1 aromatic carbocycles. The van der Waals surface area contributed by atoms with E-state index in [1.54, 1.807) is 7.11 Å². The molecule has 0 bridgehead atoms. The lowest BCUT2D eigenvalue weighted by molar-refractivity contribution is -0.120. The number of carbonyl (C=O) groups is 1. The quantitative estimate of drug-likeness (QED) is 0.543. The van der Waals surface area contributed by atoms with Crippen LogP contribution in [-0.2, 0) is 11.3 Å². The van der Waals surface area contributed by atoms with Gasteiger partial charge in [-0.25, -0.2) is 0 Å². The van der Waals surface area contributed by atoms with Crippen molar-refractivity contribution in [3.05, 3.63) is 41.5 Å². The highest BCUT2D eigenvalue weighted by atomic mass is 16.5. The van der Waals surface area contributed by atoms with Crippen LogP contribution in [0.4, 0.5) is 0 Å². The van der Waals surface area contributed by atoms with E-state index >= 15 is 0 Å². The molecular formula is C19H28N2O2. The number of hydrogen-bond donors (Lipinski definition) is 2. The smallest absolute Gasteiger partial charge is 0.221 e. The van der Waals surface area contributed by atoms with Gasteiger partial charge in [0, 0.05) is 26.1 Å². The minimum Gasteiger partial charge on any atom is -0.497 e. The molecule has 2 N–H and O–H groups in total. The molecule has 0 heterocycles. The third-order valence-corrected chi connectivity index (χ3v) is 4.17. The molecule has 4 heteroatoms. The van der Waals surface area contributed by atoms with Crippen LogP contribution in [0.15, 0.2) is 35.9 Å². The number of rotatable bonds is 9. The molecule has 2 rings (SSSR count). The van der Waals surface area contributed by atoms with Gasteiger partial charge < -0.3 is 15.4 Å². The highest BCUT2D eigenvalue weighted by Crippen LogP contribution is 2.19. The zero-order chi connectivity index (χ0) is 16.3. The van der Waals surface area contributed by atoms with Gasteiger partial charge in [-0.15, -0.1) is 0 Å². The molecule has 23 heavy (non-hydrogen) atoms. The molecule has 4 nitrogen and oxygen atoms in total. The van der Waals surface area contributed by atoms with Gasteiger partial charge in [0.2, 0.25) is 5.91 Å². The summed E-state index contributed by atoms with van der Waals surface area (Å²) in [7, 11) is 1.66. The van der Waals surface area contributed by atoms with Crippen molar-refractivity contribution >= 4 is 5.91 Å². The van der Waals surface area contributed by atoms with Gasteiger partial charge in [0.15, 0.2) is 0 Å². The predicted molar refractivity (Wildman–Crippen MR) is 93.5 cm³/mol. The highest BCUT2D eigenvalue weighted by molar-refractivity contribution is 5.76. The van der Waals surface area contributed by atoms with E-state index in [9.17, 15) is 4.79 Å². The largest absolute Gasteiger partial charge is 0.497 e. The van der Waals surface area contributed by atoms with Crippen molar-refractivity contribution in [2.75, 3.05) is 20.2 Å². The number of nitrogens with one attached hydrogen (secondary N) is 2. The van der Waals surface area contributed by atoms with Crippen LogP contribution in [0.3, 0.4) is 0 Å². The summed E-state index contributed by atoms with van der Waals surface area (Å²) < 4.78 is 5.13. The molecule has 0 atom stereocenters. The lowest BCUT2D eigenvalue weighted by Crippen LogP contribution is -2.28. The van der Waals surface area contributed by atoms with Gasteiger partial charge in [0.25, 0.3) is 0 Å². The first-order valence-electron chi connectivity index (χ1n) is 8.56. The Morgan fingerprint density at radius 3 is 2.70 bits per heavy atom. The minimum absolute atomic E-state index is 0.128. The summed E-state index contributed by atoms with van der Waals surface area (Å²) in [6.07, 6.45) is 8.90. The van der Waals surface area contributed by atoms with Crippen molar-refractivity contribution in [3.8, 4) is 5.75 Å². The van der Waals surface area contributed by atoms with Crippen LogP contribution >= 0.6 is 0 Å². The highest BCUT2D eigenvalue weighted by Gasteiger charge is 2.05. The van der Waals surface area contributed by atoms with Crippen molar-refractivity contribution < 1.29 is 9.53 Å². The third kappa shape index (κ3) is 6.87. The summed E-state index contributed by atoms with van der Waals surface area (Å²) in [5.41, 5.74) is 2.70. The number of carbonyl (C=O) groups excluding carboxylic acids is 1. The summed E-state index contributed by atoms with van der Waals surface area (Å²) in [5.74, 6) is 0.991. The van der Waals surface area contributed by atoms with Crippen LogP contribution in [-0.4, -0.2) is 26.1 Å². The average molecular weight is 316 g/mol. The maximum Gasteiger partial charge on any atom is 0.221 e. The van der Waals surface area contributed by atoms with Crippen LogP contribution in [0, 0.1) is 0 Å². The van der Waals surface area contributed by atoms with Crippen LogP contribution < -0.4 is 15.4 Å². The number of hydrogen-bond acceptors (Lipinski definition) is 3. The lowest BCUT2D eigenvalue weighted by atomic mass is 9.97. The van der Waals surface area contributed by atoms with Crippen molar-refractivity contribution in [1.82, 2.24) is 10.6 Å². The van der Waals surface area contributed by atoms with Gasteiger partial charge in [-0.3, -0.25) is 4.79 Å². The van der Waals surface area contributed by atoms with E-state index in [0.717, 1.165) is 25.3 Å². The average Bonchev–Trinajstić information content (AvgIpc) is 2.60. The first-order valence-corrected chi connectivity index (χ1v) is 8.56. The van der Waals surface area contributed by atoms with Gasteiger partial charge in [-0.05, 0) is 49.8 Å². The van der Waals surface area contributed by atoms with Crippen molar-refractivity contribution in [3.63, 3.8) is 0 Å². The fourth-order valence-electron chi connectivity index (χ4n) is 2.76. The number of benzene rings is 1. The van der Waals surface area contributed by atoms with Crippen molar-refractivity contribution in [2.45, 2.75) is 45.1 Å². The molecule has 0 spiro atoms. The van der Waals surface area contributed by atoms with Crippen LogP contribution in [0.2, 0.25) is 0 Å². The maximum atomic E-state index is 11.8. The van der Waals surface area contributed by atoms with Gasteiger partial charge in [0.1, 0.15) is 5.75 Å². The molecule has 0 saturated heterocycles. The Bertz CT molecular complexity index is 509. The topological polar surface area (TPSA) is 50.4 Å². The third-order valence-electron chi connectivity index (χ3n) is 4.17. The first kappa shape index (κ1) is 17.5. The molecule has 1 aromatic rings. The molecule has 0 saturated carbocycles. The molecule has 0 fully saturated rings. The van der Waals surface area contributed by atoms with E-state index in [1.165, 1.54) is 36.8 Å². The Morgan fingerprint density at radius 2 is 2.00 bits per heavy atom. The summed E-state index contributed by atoms with van der Waals surface area (Å²) in [4.78, 5) is 11.8. The molecule has 0 unspecified atom stereocenters. The predicted octanol–water partition coefficient (Wildman–Crippen LogP) is 3.18. The molecule has 1 aliphatic rings. The summed E-state index contributed by atoms with van der Waals surface area (Å²) in [6, 6.07) is 7.96. The first-order chi connectivity index (χ1) is 11.3. The number of allylic oxidation sites excluding steroid dienone is 1. The van der Waals surface area contributed by atoms with E-state index in [4.69, 9.17) is 4.74 Å². The Kier molecular flexibility index (Phi) is 7.67. The van der Waals surface area contributed by atoms with Crippen LogP contribution in [0.5, 0.6) is 5.75 Å².